The van der Waals surface area contributed by atoms with Gasteiger partial charge in [-0.2, -0.15) is 0 Å². The zero-order valence-electron chi connectivity index (χ0n) is 16.5. The Hall–Kier alpha value is -2.53. The minimum atomic E-state index is -0.0387. The van der Waals surface area contributed by atoms with Gasteiger partial charge >= 0.3 is 0 Å². The molecular formula is C22H29N3O2. The number of para-hydroxylation sites is 1. The molecule has 3 rings (SSSR count). The van der Waals surface area contributed by atoms with E-state index >= 15 is 0 Å². The maximum atomic E-state index is 12.4. The van der Waals surface area contributed by atoms with Crippen LogP contribution in [0.15, 0.2) is 42.5 Å². The van der Waals surface area contributed by atoms with Gasteiger partial charge in [0.2, 0.25) is 5.91 Å². The van der Waals surface area contributed by atoms with Crippen molar-refractivity contribution in [3.8, 4) is 5.75 Å². The van der Waals surface area contributed by atoms with Crippen LogP contribution in [0.25, 0.3) is 0 Å². The molecule has 27 heavy (non-hydrogen) atoms. The average Bonchev–Trinajstić information content (AvgIpc) is 2.68. The van der Waals surface area contributed by atoms with E-state index < -0.39 is 0 Å². The van der Waals surface area contributed by atoms with Crippen LogP contribution in [0, 0.1) is 6.92 Å². The van der Waals surface area contributed by atoms with Crippen molar-refractivity contribution in [2.45, 2.75) is 20.3 Å². The summed E-state index contributed by atoms with van der Waals surface area (Å²) in [6.07, 6.45) is 0.295. The Morgan fingerprint density at radius 1 is 1.11 bits per heavy atom. The minimum absolute atomic E-state index is 0.0387. The molecule has 0 aliphatic carbocycles. The molecule has 0 radical (unpaired) electrons. The third-order valence-electron chi connectivity index (χ3n) is 5.18. The third-order valence-corrected chi connectivity index (χ3v) is 5.18. The monoisotopic (exact) mass is 367 g/mol. The number of rotatable bonds is 6. The highest BCUT2D eigenvalue weighted by Gasteiger charge is 2.17. The summed E-state index contributed by atoms with van der Waals surface area (Å²) in [5.41, 5.74) is 4.17. The van der Waals surface area contributed by atoms with Crippen LogP contribution in [-0.2, 0) is 11.2 Å². The predicted molar refractivity (Wildman–Crippen MR) is 111 cm³/mol. The summed E-state index contributed by atoms with van der Waals surface area (Å²) < 4.78 is 5.33. The molecule has 5 nitrogen and oxygen atoms in total. The summed E-state index contributed by atoms with van der Waals surface area (Å²) in [6.45, 7) is 9.74. The van der Waals surface area contributed by atoms with Crippen molar-refractivity contribution < 1.29 is 9.53 Å². The molecule has 1 aliphatic rings. The average molecular weight is 367 g/mol. The molecule has 1 N–H and O–H groups in total. The van der Waals surface area contributed by atoms with E-state index in [2.05, 4.69) is 41.1 Å². The van der Waals surface area contributed by atoms with Crippen molar-refractivity contribution in [3.05, 3.63) is 53.6 Å². The van der Waals surface area contributed by atoms with Crippen molar-refractivity contribution in [2.24, 2.45) is 0 Å². The maximum Gasteiger partial charge on any atom is 0.228 e. The van der Waals surface area contributed by atoms with E-state index in [1.54, 1.807) is 7.11 Å². The van der Waals surface area contributed by atoms with Crippen LogP contribution in [0.3, 0.4) is 0 Å². The van der Waals surface area contributed by atoms with Crippen LogP contribution in [-0.4, -0.2) is 50.6 Å². The smallest absolute Gasteiger partial charge is 0.228 e. The lowest BCUT2D eigenvalue weighted by Gasteiger charge is -2.36. The second kappa shape index (κ2) is 8.91. The van der Waals surface area contributed by atoms with E-state index in [1.807, 2.05) is 30.3 Å². The van der Waals surface area contributed by atoms with Gasteiger partial charge < -0.3 is 19.9 Å². The standard InChI is InChI=1S/C22H29N3O2/c1-4-24-11-13-25(14-12-24)20-10-9-19(15-17(20)2)23-22(26)16-18-7-5-6-8-21(18)27-3/h5-10,15H,4,11-14,16H2,1-3H3,(H,23,26). The molecule has 0 saturated carbocycles. The zero-order valence-corrected chi connectivity index (χ0v) is 16.5. The highest BCUT2D eigenvalue weighted by molar-refractivity contribution is 5.93. The molecule has 1 fully saturated rings. The number of nitrogens with zero attached hydrogens (tertiary/aromatic N) is 2. The van der Waals surface area contributed by atoms with E-state index in [0.29, 0.717) is 6.42 Å². The molecule has 2 aromatic rings. The quantitative estimate of drug-likeness (QED) is 0.851. The van der Waals surface area contributed by atoms with E-state index in [0.717, 1.165) is 49.7 Å². The fourth-order valence-corrected chi connectivity index (χ4v) is 3.62. The Bertz CT molecular complexity index is 783. The van der Waals surface area contributed by atoms with E-state index in [9.17, 15) is 4.79 Å². The lowest BCUT2D eigenvalue weighted by molar-refractivity contribution is -0.115. The molecule has 5 heteroatoms. The number of anilines is 2. The van der Waals surface area contributed by atoms with E-state index in [1.165, 1.54) is 11.3 Å². The summed E-state index contributed by atoms with van der Waals surface area (Å²) in [4.78, 5) is 17.3. The number of piperazine rings is 1. The number of ether oxygens (including phenoxy) is 1. The SMILES string of the molecule is CCN1CCN(c2ccc(NC(=O)Cc3ccccc3OC)cc2C)CC1. The molecule has 0 unspecified atom stereocenters. The molecule has 1 saturated heterocycles. The number of methoxy groups -OCH3 is 1. The Morgan fingerprint density at radius 3 is 2.52 bits per heavy atom. The summed E-state index contributed by atoms with van der Waals surface area (Å²) in [5.74, 6) is 0.702. The summed E-state index contributed by atoms with van der Waals surface area (Å²) >= 11 is 0. The normalized spacial score (nSPS) is 14.9. The van der Waals surface area contributed by atoms with Gasteiger partial charge in [-0.1, -0.05) is 25.1 Å². The van der Waals surface area contributed by atoms with Gasteiger partial charge in [-0.15, -0.1) is 0 Å². The van der Waals surface area contributed by atoms with Crippen LogP contribution in [0.2, 0.25) is 0 Å². The summed E-state index contributed by atoms with van der Waals surface area (Å²) in [6, 6.07) is 13.8. The number of carbonyl (C=O) groups is 1. The van der Waals surface area contributed by atoms with Crippen molar-refractivity contribution in [3.63, 3.8) is 0 Å². The highest BCUT2D eigenvalue weighted by Crippen LogP contribution is 2.25. The number of hydrogen-bond donors (Lipinski definition) is 1. The van der Waals surface area contributed by atoms with Crippen LogP contribution >= 0.6 is 0 Å². The highest BCUT2D eigenvalue weighted by atomic mass is 16.5. The van der Waals surface area contributed by atoms with Gasteiger partial charge in [-0.05, 0) is 43.3 Å². The Labute approximate surface area is 161 Å². The summed E-state index contributed by atoms with van der Waals surface area (Å²) in [7, 11) is 1.62. The Morgan fingerprint density at radius 2 is 1.85 bits per heavy atom. The molecular weight excluding hydrogens is 338 g/mol. The van der Waals surface area contributed by atoms with Crippen LogP contribution in [0.5, 0.6) is 5.75 Å². The fourth-order valence-electron chi connectivity index (χ4n) is 3.62. The lowest BCUT2D eigenvalue weighted by Crippen LogP contribution is -2.46. The third kappa shape index (κ3) is 4.80. The van der Waals surface area contributed by atoms with Gasteiger partial charge in [-0.3, -0.25) is 4.79 Å². The van der Waals surface area contributed by atoms with Gasteiger partial charge in [0.25, 0.3) is 0 Å². The molecule has 0 spiro atoms. The van der Waals surface area contributed by atoms with Crippen LogP contribution in [0.1, 0.15) is 18.1 Å². The number of benzene rings is 2. The van der Waals surface area contributed by atoms with E-state index in [4.69, 9.17) is 4.74 Å². The maximum absolute atomic E-state index is 12.4. The number of hydrogen-bond acceptors (Lipinski definition) is 4. The Balaban J connectivity index is 1.63. The predicted octanol–water partition coefficient (Wildman–Crippen LogP) is 3.33. The van der Waals surface area contributed by atoms with Crippen molar-refractivity contribution >= 4 is 17.3 Å². The number of carbonyl (C=O) groups excluding carboxylic acids is 1. The number of likely N-dealkylation sites (N-methyl/N-ethyl adjacent to an activating group) is 1. The molecule has 1 amide bonds. The first kappa shape index (κ1) is 19.2. The first-order valence-electron chi connectivity index (χ1n) is 9.60. The van der Waals surface area contributed by atoms with Crippen LogP contribution in [0.4, 0.5) is 11.4 Å². The largest absolute Gasteiger partial charge is 0.496 e. The topological polar surface area (TPSA) is 44.8 Å². The molecule has 0 bridgehead atoms. The van der Waals surface area contributed by atoms with Crippen LogP contribution < -0.4 is 15.0 Å². The summed E-state index contributed by atoms with van der Waals surface area (Å²) in [5, 5.41) is 3.01. The number of aryl methyl sites for hydroxylation is 1. The molecule has 2 aromatic carbocycles. The number of amides is 1. The number of nitrogens with one attached hydrogen (secondary N) is 1. The van der Waals surface area contributed by atoms with Gasteiger partial charge in [0.1, 0.15) is 5.75 Å². The molecule has 0 atom stereocenters. The lowest BCUT2D eigenvalue weighted by atomic mass is 10.1. The molecule has 144 valence electrons. The second-order valence-electron chi connectivity index (χ2n) is 6.96. The molecule has 1 aliphatic heterocycles. The van der Waals surface area contributed by atoms with Gasteiger partial charge in [0.05, 0.1) is 13.5 Å². The van der Waals surface area contributed by atoms with Crippen molar-refractivity contribution in [1.29, 1.82) is 0 Å². The fraction of sp³-hybridized carbons (Fsp3) is 0.409. The first-order chi connectivity index (χ1) is 13.1. The van der Waals surface area contributed by atoms with Gasteiger partial charge in [-0.25, -0.2) is 0 Å². The van der Waals surface area contributed by atoms with Gasteiger partial charge in [0, 0.05) is 43.1 Å². The zero-order chi connectivity index (χ0) is 19.2. The van der Waals surface area contributed by atoms with Crippen molar-refractivity contribution in [2.75, 3.05) is 50.1 Å². The minimum Gasteiger partial charge on any atom is -0.496 e. The van der Waals surface area contributed by atoms with Gasteiger partial charge in [0.15, 0.2) is 0 Å². The van der Waals surface area contributed by atoms with Crippen molar-refractivity contribution in [1.82, 2.24) is 4.90 Å². The molecule has 1 heterocycles. The first-order valence-corrected chi connectivity index (χ1v) is 9.60. The van der Waals surface area contributed by atoms with E-state index in [-0.39, 0.29) is 5.91 Å². The molecule has 0 aromatic heterocycles. The second-order valence-corrected chi connectivity index (χ2v) is 6.96. The Kier molecular flexibility index (Phi) is 6.35.